The molecule has 2 N–H and O–H groups in total. The number of anilines is 2. The Bertz CT molecular complexity index is 875. The minimum absolute atomic E-state index is 0.172. The maximum absolute atomic E-state index is 12.2. The fourth-order valence-corrected chi connectivity index (χ4v) is 2.13. The number of hydrogen-bond donors (Lipinski definition) is 2. The fraction of sp³-hybridized carbons (Fsp3) is 0.111. The highest BCUT2D eigenvalue weighted by atomic mass is 16.5. The number of methoxy groups -OCH3 is 1. The zero-order chi connectivity index (χ0) is 18.4. The quantitative estimate of drug-likeness (QED) is 0.657. The van der Waals surface area contributed by atoms with Crippen molar-refractivity contribution in [3.63, 3.8) is 0 Å². The third-order valence-electron chi connectivity index (χ3n) is 3.47. The van der Waals surface area contributed by atoms with E-state index in [1.165, 1.54) is 19.5 Å². The predicted molar refractivity (Wildman–Crippen MR) is 93.8 cm³/mol. The first-order valence-electron chi connectivity index (χ1n) is 7.74. The molecule has 0 atom stereocenters. The maximum Gasteiger partial charge on any atom is 0.337 e. The lowest BCUT2D eigenvalue weighted by Gasteiger charge is -2.07. The molecule has 2 aromatic heterocycles. The standard InChI is InChI=1S/C18H16N4O4/c1-25-18(24)12-4-6-13(7-5-12)22-17(23)15-10-21-16(11-19-15)20-9-14-3-2-8-26-14/h2-8,10-11H,9H2,1H3,(H,20,21)(H,22,23). The second-order valence-corrected chi connectivity index (χ2v) is 5.24. The lowest BCUT2D eigenvalue weighted by molar-refractivity contribution is 0.0600. The van der Waals surface area contributed by atoms with Crippen molar-refractivity contribution >= 4 is 23.4 Å². The Morgan fingerprint density at radius 2 is 1.92 bits per heavy atom. The van der Waals surface area contributed by atoms with E-state index < -0.39 is 11.9 Å². The molecule has 0 radical (unpaired) electrons. The summed E-state index contributed by atoms with van der Waals surface area (Å²) in [4.78, 5) is 31.8. The summed E-state index contributed by atoms with van der Waals surface area (Å²) in [6, 6.07) is 9.98. The number of carbonyl (C=O) groups excluding carboxylic acids is 2. The van der Waals surface area contributed by atoms with Gasteiger partial charge in [-0.3, -0.25) is 4.79 Å². The Labute approximate surface area is 149 Å². The second kappa shape index (κ2) is 7.93. The highest BCUT2D eigenvalue weighted by Crippen LogP contribution is 2.12. The fourth-order valence-electron chi connectivity index (χ4n) is 2.13. The highest BCUT2D eigenvalue weighted by Gasteiger charge is 2.10. The number of aromatic nitrogens is 2. The summed E-state index contributed by atoms with van der Waals surface area (Å²) in [7, 11) is 1.31. The molecule has 0 aliphatic rings. The zero-order valence-electron chi connectivity index (χ0n) is 13.9. The van der Waals surface area contributed by atoms with E-state index in [-0.39, 0.29) is 5.69 Å². The summed E-state index contributed by atoms with van der Waals surface area (Å²) < 4.78 is 9.83. The van der Waals surface area contributed by atoms with E-state index in [0.717, 1.165) is 5.76 Å². The van der Waals surface area contributed by atoms with Gasteiger partial charge >= 0.3 is 5.97 Å². The minimum atomic E-state index is -0.439. The summed E-state index contributed by atoms with van der Waals surface area (Å²) in [5.74, 6) is 0.455. The number of amides is 1. The molecule has 0 bridgehead atoms. The van der Waals surface area contributed by atoms with Crippen LogP contribution in [0.15, 0.2) is 59.5 Å². The van der Waals surface area contributed by atoms with E-state index in [1.807, 2.05) is 6.07 Å². The van der Waals surface area contributed by atoms with Crippen LogP contribution in [0.25, 0.3) is 0 Å². The molecule has 1 amide bonds. The van der Waals surface area contributed by atoms with E-state index >= 15 is 0 Å². The molecule has 0 aliphatic carbocycles. The molecular weight excluding hydrogens is 336 g/mol. The van der Waals surface area contributed by atoms with Gasteiger partial charge in [0.15, 0.2) is 0 Å². The van der Waals surface area contributed by atoms with Gasteiger partial charge in [0.2, 0.25) is 0 Å². The number of rotatable bonds is 6. The van der Waals surface area contributed by atoms with Crippen LogP contribution in [0.3, 0.4) is 0 Å². The largest absolute Gasteiger partial charge is 0.467 e. The Kier molecular flexibility index (Phi) is 5.23. The van der Waals surface area contributed by atoms with Gasteiger partial charge in [0, 0.05) is 5.69 Å². The molecule has 26 heavy (non-hydrogen) atoms. The monoisotopic (exact) mass is 352 g/mol. The van der Waals surface area contributed by atoms with E-state index in [4.69, 9.17) is 4.42 Å². The molecule has 132 valence electrons. The number of furan rings is 1. The van der Waals surface area contributed by atoms with Crippen LogP contribution >= 0.6 is 0 Å². The SMILES string of the molecule is COC(=O)c1ccc(NC(=O)c2cnc(NCc3ccco3)cn2)cc1. The number of carbonyl (C=O) groups is 2. The summed E-state index contributed by atoms with van der Waals surface area (Å²) >= 11 is 0. The number of nitrogens with one attached hydrogen (secondary N) is 2. The van der Waals surface area contributed by atoms with Crippen molar-refractivity contribution in [2.24, 2.45) is 0 Å². The zero-order valence-corrected chi connectivity index (χ0v) is 13.9. The number of esters is 1. The van der Waals surface area contributed by atoms with Crippen LogP contribution in [0, 0.1) is 0 Å². The summed E-state index contributed by atoms with van der Waals surface area (Å²) in [6.07, 6.45) is 4.44. The van der Waals surface area contributed by atoms with Crippen molar-refractivity contribution in [2.45, 2.75) is 6.54 Å². The molecule has 0 saturated heterocycles. The van der Waals surface area contributed by atoms with Crippen LogP contribution < -0.4 is 10.6 Å². The van der Waals surface area contributed by atoms with Gasteiger partial charge in [-0.2, -0.15) is 0 Å². The number of hydrogen-bond acceptors (Lipinski definition) is 7. The van der Waals surface area contributed by atoms with Gasteiger partial charge in [-0.25, -0.2) is 14.8 Å². The molecule has 0 spiro atoms. The van der Waals surface area contributed by atoms with Crippen LogP contribution in [0.5, 0.6) is 0 Å². The molecule has 0 unspecified atom stereocenters. The summed E-state index contributed by atoms with van der Waals surface area (Å²) in [5.41, 5.74) is 1.10. The molecule has 8 heteroatoms. The Balaban J connectivity index is 1.58. The summed E-state index contributed by atoms with van der Waals surface area (Å²) in [5, 5.41) is 5.73. The maximum atomic E-state index is 12.2. The molecule has 1 aromatic carbocycles. The van der Waals surface area contributed by atoms with Gasteiger partial charge in [0.25, 0.3) is 5.91 Å². The Hall–Kier alpha value is -3.68. The van der Waals surface area contributed by atoms with Gasteiger partial charge in [0.1, 0.15) is 17.3 Å². The minimum Gasteiger partial charge on any atom is -0.467 e. The van der Waals surface area contributed by atoms with Gasteiger partial charge in [0.05, 0.1) is 37.9 Å². The van der Waals surface area contributed by atoms with Gasteiger partial charge in [-0.05, 0) is 36.4 Å². The normalized spacial score (nSPS) is 10.2. The second-order valence-electron chi connectivity index (χ2n) is 5.24. The first-order valence-corrected chi connectivity index (χ1v) is 7.74. The predicted octanol–water partition coefficient (Wildman–Crippen LogP) is 2.72. The Morgan fingerprint density at radius 1 is 1.12 bits per heavy atom. The van der Waals surface area contributed by atoms with Gasteiger partial charge in [-0.1, -0.05) is 0 Å². The smallest absolute Gasteiger partial charge is 0.337 e. The van der Waals surface area contributed by atoms with E-state index in [2.05, 4.69) is 25.3 Å². The molecule has 0 fully saturated rings. The lowest BCUT2D eigenvalue weighted by Crippen LogP contribution is -2.14. The van der Waals surface area contributed by atoms with E-state index in [1.54, 1.807) is 36.6 Å². The average Bonchev–Trinajstić information content (AvgIpc) is 3.20. The first-order chi connectivity index (χ1) is 12.7. The number of nitrogens with zero attached hydrogens (tertiary/aromatic N) is 2. The molecule has 0 saturated carbocycles. The van der Waals surface area contributed by atoms with Crippen molar-refractivity contribution in [1.29, 1.82) is 0 Å². The molecular formula is C18H16N4O4. The molecule has 2 heterocycles. The van der Waals surface area contributed by atoms with Crippen molar-refractivity contribution in [3.8, 4) is 0 Å². The number of benzene rings is 1. The van der Waals surface area contributed by atoms with Crippen molar-refractivity contribution in [1.82, 2.24) is 9.97 Å². The van der Waals surface area contributed by atoms with Crippen molar-refractivity contribution in [3.05, 3.63) is 72.1 Å². The van der Waals surface area contributed by atoms with Crippen LogP contribution in [-0.4, -0.2) is 29.0 Å². The number of ether oxygens (including phenoxy) is 1. The molecule has 0 aliphatic heterocycles. The van der Waals surface area contributed by atoms with Crippen LogP contribution in [0.2, 0.25) is 0 Å². The summed E-state index contributed by atoms with van der Waals surface area (Å²) in [6.45, 7) is 0.472. The van der Waals surface area contributed by atoms with E-state index in [0.29, 0.717) is 23.6 Å². The molecule has 3 rings (SSSR count). The van der Waals surface area contributed by atoms with Crippen LogP contribution in [0.1, 0.15) is 26.6 Å². The third-order valence-corrected chi connectivity index (χ3v) is 3.47. The third kappa shape index (κ3) is 4.23. The average molecular weight is 352 g/mol. The lowest BCUT2D eigenvalue weighted by atomic mass is 10.2. The topological polar surface area (TPSA) is 106 Å². The van der Waals surface area contributed by atoms with Crippen LogP contribution in [0.4, 0.5) is 11.5 Å². The Morgan fingerprint density at radius 3 is 2.54 bits per heavy atom. The van der Waals surface area contributed by atoms with Gasteiger partial charge < -0.3 is 19.8 Å². The van der Waals surface area contributed by atoms with Gasteiger partial charge in [-0.15, -0.1) is 0 Å². The van der Waals surface area contributed by atoms with Crippen molar-refractivity contribution in [2.75, 3.05) is 17.7 Å². The highest BCUT2D eigenvalue weighted by molar-refractivity contribution is 6.03. The molecule has 3 aromatic rings. The van der Waals surface area contributed by atoms with Crippen molar-refractivity contribution < 1.29 is 18.7 Å². The van der Waals surface area contributed by atoms with Crippen LogP contribution in [-0.2, 0) is 11.3 Å². The molecule has 8 nitrogen and oxygen atoms in total. The first kappa shape index (κ1) is 17.2. The van der Waals surface area contributed by atoms with E-state index in [9.17, 15) is 9.59 Å².